The fourth-order valence-electron chi connectivity index (χ4n) is 3.30. The Bertz CT molecular complexity index is 889. The van der Waals surface area contributed by atoms with Gasteiger partial charge in [-0.2, -0.15) is 0 Å². The summed E-state index contributed by atoms with van der Waals surface area (Å²) < 4.78 is 21.8. The first-order valence-electron chi connectivity index (χ1n) is 10.1. The van der Waals surface area contributed by atoms with Gasteiger partial charge in [0.2, 0.25) is 5.91 Å². The highest BCUT2D eigenvalue weighted by Crippen LogP contribution is 2.66. The Morgan fingerprint density at radius 1 is 1.47 bits per heavy atom. The molecule has 1 heterocycles. The number of ether oxygens (including phenoxy) is 1. The van der Waals surface area contributed by atoms with Gasteiger partial charge in [0.1, 0.15) is 11.6 Å². The maximum Gasteiger partial charge on any atom is 0.258 e. The van der Waals surface area contributed by atoms with Crippen LogP contribution in [0.1, 0.15) is 26.7 Å². The van der Waals surface area contributed by atoms with Crippen LogP contribution in [0.2, 0.25) is 5.02 Å². The average Bonchev–Trinajstić information content (AvgIpc) is 2.75. The molecule has 0 saturated carbocycles. The van der Waals surface area contributed by atoms with E-state index < -0.39 is 39.3 Å². The third-order valence-corrected chi connectivity index (χ3v) is 9.61. The molecule has 1 aliphatic rings. The van der Waals surface area contributed by atoms with Crippen LogP contribution < -0.4 is 15.4 Å². The fourth-order valence-corrected chi connectivity index (χ4v) is 5.63. The van der Waals surface area contributed by atoms with E-state index in [4.69, 9.17) is 16.3 Å². The molecule has 0 bridgehead atoms. The van der Waals surface area contributed by atoms with Gasteiger partial charge in [-0.25, -0.2) is 4.39 Å². The summed E-state index contributed by atoms with van der Waals surface area (Å²) in [6, 6.07) is 3.30. The quantitative estimate of drug-likeness (QED) is 0.326. The molecule has 178 valence electrons. The first-order chi connectivity index (χ1) is 15.0. The number of nitrogens with zero attached hydrogens (tertiary/aromatic N) is 1. The van der Waals surface area contributed by atoms with Gasteiger partial charge < -0.3 is 20.5 Å². The van der Waals surface area contributed by atoms with Crippen molar-refractivity contribution in [3.63, 3.8) is 0 Å². The van der Waals surface area contributed by atoms with Crippen LogP contribution in [0.3, 0.4) is 0 Å². The van der Waals surface area contributed by atoms with Gasteiger partial charge in [-0.3, -0.25) is 9.59 Å². The molecule has 8 nitrogen and oxygen atoms in total. The molecule has 1 aliphatic heterocycles. The Hall–Kier alpha value is -2.17. The summed E-state index contributed by atoms with van der Waals surface area (Å²) in [6.07, 6.45) is 1.52. The van der Waals surface area contributed by atoms with Crippen molar-refractivity contribution in [3.05, 3.63) is 46.1 Å². The van der Waals surface area contributed by atoms with Gasteiger partial charge in [0, 0.05) is 17.9 Å². The maximum atomic E-state index is 13.4. The van der Waals surface area contributed by atoms with E-state index in [1.54, 1.807) is 13.2 Å². The van der Waals surface area contributed by atoms with Crippen LogP contribution in [0.5, 0.6) is 5.75 Å². The van der Waals surface area contributed by atoms with Crippen LogP contribution in [0.15, 0.2) is 34.9 Å². The van der Waals surface area contributed by atoms with Crippen molar-refractivity contribution in [2.24, 2.45) is 4.58 Å². The van der Waals surface area contributed by atoms with E-state index in [-0.39, 0.29) is 41.5 Å². The second-order valence-electron chi connectivity index (χ2n) is 8.08. The minimum Gasteiger partial charge on any atom is -0.484 e. The highest BCUT2D eigenvalue weighted by Gasteiger charge is 2.50. The molecule has 11 heteroatoms. The normalized spacial score (nSPS) is 25.9. The van der Waals surface area contributed by atoms with Gasteiger partial charge in [0.25, 0.3) is 5.91 Å². The number of hydrogen-bond donors (Lipinski definition) is 3. The SMILES string of the molecule is C=C(C)C(CC(O)CNC(=O)COc1ccc(Cl)c(F)c1)NC(=O)C1CC(C)S1(C)N=O. The molecule has 2 rings (SSSR count). The molecule has 3 N–H and O–H groups in total. The molecule has 1 saturated heterocycles. The van der Waals surface area contributed by atoms with E-state index in [0.29, 0.717) is 12.0 Å². The Kier molecular flexibility index (Phi) is 9.06. The van der Waals surface area contributed by atoms with Crippen LogP contribution in [0, 0.1) is 10.7 Å². The second kappa shape index (κ2) is 11.1. The Morgan fingerprint density at radius 2 is 2.16 bits per heavy atom. The molecule has 5 unspecified atom stereocenters. The fraction of sp³-hybridized carbons (Fsp3) is 0.524. The van der Waals surface area contributed by atoms with Crippen LogP contribution in [0.4, 0.5) is 4.39 Å². The summed E-state index contributed by atoms with van der Waals surface area (Å²) in [4.78, 5) is 35.8. The Labute approximate surface area is 193 Å². The third kappa shape index (κ3) is 6.43. The molecular formula is C21H29ClFN3O5S. The molecule has 0 aliphatic carbocycles. The average molecular weight is 490 g/mol. The van der Waals surface area contributed by atoms with Crippen molar-refractivity contribution in [3.8, 4) is 5.75 Å². The van der Waals surface area contributed by atoms with Gasteiger partial charge in [-0.15, -0.1) is 4.91 Å². The highest BCUT2D eigenvalue weighted by atomic mass is 35.5. The van der Waals surface area contributed by atoms with Crippen molar-refractivity contribution in [2.75, 3.05) is 19.4 Å². The molecule has 0 aromatic heterocycles. The van der Waals surface area contributed by atoms with Gasteiger partial charge in [0.15, 0.2) is 6.61 Å². The van der Waals surface area contributed by atoms with Crippen molar-refractivity contribution >= 4 is 33.6 Å². The van der Waals surface area contributed by atoms with E-state index in [0.717, 1.165) is 6.07 Å². The largest absolute Gasteiger partial charge is 0.484 e. The first kappa shape index (κ1) is 26.1. The summed E-state index contributed by atoms with van der Waals surface area (Å²) in [7, 11) is -1.89. The summed E-state index contributed by atoms with van der Waals surface area (Å²) in [5.74, 6) is -1.28. The summed E-state index contributed by atoms with van der Waals surface area (Å²) >= 11 is 5.59. The highest BCUT2D eigenvalue weighted by molar-refractivity contribution is 8.34. The number of amides is 2. The zero-order chi connectivity index (χ0) is 24.1. The number of aliphatic hydroxyl groups is 1. The number of benzene rings is 1. The second-order valence-corrected chi connectivity index (χ2v) is 12.0. The van der Waals surface area contributed by atoms with E-state index in [1.165, 1.54) is 12.1 Å². The summed E-state index contributed by atoms with van der Waals surface area (Å²) in [5, 5.41) is 15.3. The van der Waals surface area contributed by atoms with E-state index in [1.807, 2.05) is 6.92 Å². The third-order valence-electron chi connectivity index (χ3n) is 5.60. The minimum absolute atomic E-state index is 0.0515. The molecule has 1 aromatic rings. The number of nitrogens with one attached hydrogen (secondary N) is 2. The van der Waals surface area contributed by atoms with E-state index in [2.05, 4.69) is 21.8 Å². The molecule has 0 radical (unpaired) electrons. The molecule has 0 spiro atoms. The van der Waals surface area contributed by atoms with Crippen LogP contribution in [0.25, 0.3) is 0 Å². The molecule has 5 atom stereocenters. The lowest BCUT2D eigenvalue weighted by molar-refractivity contribution is -0.124. The van der Waals surface area contributed by atoms with Gasteiger partial charge >= 0.3 is 0 Å². The topological polar surface area (TPSA) is 117 Å². The number of carbonyl (C=O) groups excluding carboxylic acids is 2. The van der Waals surface area contributed by atoms with Crippen molar-refractivity contribution < 1.29 is 23.8 Å². The number of aliphatic hydroxyl groups excluding tert-OH is 1. The lowest BCUT2D eigenvalue weighted by Crippen LogP contribution is -2.52. The van der Waals surface area contributed by atoms with Crippen molar-refractivity contribution in [1.82, 2.24) is 10.6 Å². The van der Waals surface area contributed by atoms with Crippen molar-refractivity contribution in [1.29, 1.82) is 0 Å². The smallest absolute Gasteiger partial charge is 0.258 e. The number of hydrogen-bond acceptors (Lipinski definition) is 6. The van der Waals surface area contributed by atoms with Crippen molar-refractivity contribution in [2.45, 2.75) is 49.3 Å². The molecule has 2 amide bonds. The first-order valence-corrected chi connectivity index (χ1v) is 12.6. The number of halogens is 2. The van der Waals surface area contributed by atoms with Crippen LogP contribution >= 0.6 is 21.8 Å². The minimum atomic E-state index is -1.89. The molecular weight excluding hydrogens is 461 g/mol. The number of nitroso groups, excluding NO2 is 1. The standard InChI is InChI=1S/C21H29ClFN3O5S/c1-12(2)18(25-21(29)19-7-13(3)32(19,4)26-30)8-14(27)10-24-20(28)11-31-15-5-6-16(22)17(23)9-15/h5-6,9,13-14,18-19,27H,1,7-8,10-11H2,2-4H3,(H,24,28)(H,25,29). The van der Waals surface area contributed by atoms with Gasteiger partial charge in [-0.05, 0) is 42.7 Å². The van der Waals surface area contributed by atoms with Gasteiger partial charge in [0.05, 0.1) is 22.4 Å². The monoisotopic (exact) mass is 489 g/mol. The zero-order valence-electron chi connectivity index (χ0n) is 18.3. The van der Waals surface area contributed by atoms with Crippen LogP contribution in [-0.2, 0) is 9.59 Å². The predicted molar refractivity (Wildman–Crippen MR) is 124 cm³/mol. The Balaban J connectivity index is 1.80. The lowest BCUT2D eigenvalue weighted by atomic mass is 10.0. The predicted octanol–water partition coefficient (Wildman–Crippen LogP) is 3.06. The number of rotatable bonds is 11. The maximum absolute atomic E-state index is 13.4. The summed E-state index contributed by atoms with van der Waals surface area (Å²) in [5.41, 5.74) is 0.639. The lowest BCUT2D eigenvalue weighted by Gasteiger charge is -2.50. The Morgan fingerprint density at radius 3 is 2.72 bits per heavy atom. The zero-order valence-corrected chi connectivity index (χ0v) is 19.8. The molecule has 32 heavy (non-hydrogen) atoms. The molecule has 1 aromatic carbocycles. The van der Waals surface area contributed by atoms with Crippen LogP contribution in [-0.4, -0.2) is 59.0 Å². The summed E-state index contributed by atoms with van der Waals surface area (Å²) in [6.45, 7) is 7.05. The van der Waals surface area contributed by atoms with E-state index in [9.17, 15) is 24.0 Å². The molecule has 1 fully saturated rings. The number of carbonyl (C=O) groups is 2. The van der Waals surface area contributed by atoms with E-state index >= 15 is 0 Å². The van der Waals surface area contributed by atoms with Gasteiger partial charge in [-0.1, -0.05) is 40.9 Å².